The lowest BCUT2D eigenvalue weighted by Crippen LogP contribution is -2.19. The average molecular weight is 451 g/mol. The first-order valence-electron chi connectivity index (χ1n) is 8.64. The van der Waals surface area contributed by atoms with Crippen LogP contribution in [0.4, 0.5) is 17.6 Å². The fourth-order valence-corrected chi connectivity index (χ4v) is 5.00. The summed E-state index contributed by atoms with van der Waals surface area (Å²) in [7, 11) is -2.33. The van der Waals surface area contributed by atoms with Crippen molar-refractivity contribution in [1.29, 1.82) is 0 Å². The van der Waals surface area contributed by atoms with Gasteiger partial charge in [-0.1, -0.05) is 0 Å². The monoisotopic (exact) mass is 451 g/mol. The molecule has 0 bridgehead atoms. The van der Waals surface area contributed by atoms with E-state index in [1.54, 1.807) is 24.5 Å². The lowest BCUT2D eigenvalue weighted by molar-refractivity contribution is -0.105. The molecule has 0 aliphatic rings. The number of benzene rings is 1. The van der Waals surface area contributed by atoms with E-state index in [4.69, 9.17) is 0 Å². The number of pyridine rings is 2. The lowest BCUT2D eigenvalue weighted by atomic mass is 10.1. The van der Waals surface area contributed by atoms with Gasteiger partial charge in [-0.3, -0.25) is 9.19 Å². The summed E-state index contributed by atoms with van der Waals surface area (Å²) in [5.41, 5.74) is 1.89. The molecule has 0 fully saturated rings. The van der Waals surface area contributed by atoms with Crippen LogP contribution in [-0.4, -0.2) is 31.1 Å². The van der Waals surface area contributed by atoms with Crippen molar-refractivity contribution in [2.24, 2.45) is 0 Å². The zero-order chi connectivity index (χ0) is 21.5. The number of halogens is 4. The summed E-state index contributed by atoms with van der Waals surface area (Å²) in [5, 5.41) is 0.694. The minimum atomic E-state index is -4.59. The molecule has 1 atom stereocenters. The van der Waals surface area contributed by atoms with Gasteiger partial charge in [0.05, 0.1) is 15.5 Å². The van der Waals surface area contributed by atoms with Crippen molar-refractivity contribution in [3.05, 3.63) is 60.3 Å². The summed E-state index contributed by atoms with van der Waals surface area (Å²) in [5.74, 6) is -2.11. The number of rotatable bonds is 4. The number of aromatic nitrogens is 3. The van der Waals surface area contributed by atoms with E-state index in [0.29, 0.717) is 20.9 Å². The summed E-state index contributed by atoms with van der Waals surface area (Å²) in [6.45, 7) is 1.43. The summed E-state index contributed by atoms with van der Waals surface area (Å²) in [4.78, 5) is 12.7. The SMILES string of the molecule is Cc1cc(F)c(-c2cnc3nc(-c4cccnc4)sc3c2)cc1S(=O)CC(F)(F)F. The van der Waals surface area contributed by atoms with Gasteiger partial charge in [-0.2, -0.15) is 13.2 Å². The molecule has 1 aromatic carbocycles. The molecular formula is C20H13F4N3OS2. The molecule has 3 aromatic heterocycles. The van der Waals surface area contributed by atoms with Crippen molar-refractivity contribution < 1.29 is 21.8 Å². The van der Waals surface area contributed by atoms with Gasteiger partial charge >= 0.3 is 6.18 Å². The van der Waals surface area contributed by atoms with E-state index in [0.717, 1.165) is 11.6 Å². The van der Waals surface area contributed by atoms with Crippen molar-refractivity contribution in [1.82, 2.24) is 15.0 Å². The topological polar surface area (TPSA) is 55.7 Å². The van der Waals surface area contributed by atoms with Crippen LogP contribution in [0.25, 0.3) is 32.0 Å². The quantitative estimate of drug-likeness (QED) is 0.383. The molecule has 1 unspecified atom stereocenters. The van der Waals surface area contributed by atoms with Gasteiger partial charge in [0.1, 0.15) is 16.6 Å². The summed E-state index contributed by atoms with van der Waals surface area (Å²) < 4.78 is 65.5. The first-order chi connectivity index (χ1) is 14.2. The van der Waals surface area contributed by atoms with Gasteiger partial charge in [0.25, 0.3) is 0 Å². The second kappa shape index (κ2) is 7.84. The normalized spacial score (nSPS) is 13.0. The second-order valence-corrected chi connectivity index (χ2v) is 8.96. The maximum absolute atomic E-state index is 14.6. The minimum absolute atomic E-state index is 0.0388. The Balaban J connectivity index is 1.76. The third-order valence-electron chi connectivity index (χ3n) is 4.27. The molecule has 4 nitrogen and oxygen atoms in total. The molecule has 0 saturated heterocycles. The molecule has 0 aliphatic carbocycles. The average Bonchev–Trinajstić information content (AvgIpc) is 3.10. The highest BCUT2D eigenvalue weighted by atomic mass is 32.2. The van der Waals surface area contributed by atoms with Gasteiger partial charge in [0.2, 0.25) is 0 Å². The molecule has 4 aromatic rings. The number of hydrogen-bond donors (Lipinski definition) is 0. The van der Waals surface area contributed by atoms with Crippen LogP contribution >= 0.6 is 11.3 Å². The van der Waals surface area contributed by atoms with E-state index < -0.39 is 28.5 Å². The Labute approximate surface area is 175 Å². The number of alkyl halides is 3. The largest absolute Gasteiger partial charge is 0.400 e. The van der Waals surface area contributed by atoms with Gasteiger partial charge in [-0.05, 0) is 42.8 Å². The van der Waals surface area contributed by atoms with Crippen molar-refractivity contribution in [2.45, 2.75) is 18.0 Å². The maximum Gasteiger partial charge on any atom is 0.400 e. The van der Waals surface area contributed by atoms with E-state index in [1.807, 2.05) is 6.07 Å². The highest BCUT2D eigenvalue weighted by molar-refractivity contribution is 7.85. The van der Waals surface area contributed by atoms with E-state index in [2.05, 4.69) is 15.0 Å². The molecule has 0 radical (unpaired) electrons. The van der Waals surface area contributed by atoms with E-state index in [9.17, 15) is 21.8 Å². The summed E-state index contributed by atoms with van der Waals surface area (Å²) in [6.07, 6.45) is 0.130. The third-order valence-corrected chi connectivity index (χ3v) is 6.83. The zero-order valence-corrected chi connectivity index (χ0v) is 17.0. The third kappa shape index (κ3) is 4.24. The van der Waals surface area contributed by atoms with E-state index >= 15 is 0 Å². The van der Waals surface area contributed by atoms with Crippen LogP contribution in [0.1, 0.15) is 5.56 Å². The highest BCUT2D eigenvalue weighted by Gasteiger charge is 2.32. The van der Waals surface area contributed by atoms with Crippen LogP contribution in [0.15, 0.2) is 53.8 Å². The number of fused-ring (bicyclic) bond motifs is 1. The Morgan fingerprint density at radius 1 is 1.13 bits per heavy atom. The first kappa shape index (κ1) is 20.5. The fraction of sp³-hybridized carbons (Fsp3) is 0.150. The molecule has 10 heteroatoms. The van der Waals surface area contributed by atoms with Crippen LogP contribution in [0, 0.1) is 12.7 Å². The van der Waals surface area contributed by atoms with Gasteiger partial charge in [0.15, 0.2) is 5.65 Å². The number of aryl methyl sites for hydroxylation is 1. The van der Waals surface area contributed by atoms with Gasteiger partial charge in [0, 0.05) is 40.2 Å². The zero-order valence-electron chi connectivity index (χ0n) is 15.4. The van der Waals surface area contributed by atoms with Gasteiger partial charge < -0.3 is 0 Å². The number of hydrogen-bond acceptors (Lipinski definition) is 5. The molecule has 30 heavy (non-hydrogen) atoms. The van der Waals surface area contributed by atoms with Crippen molar-refractivity contribution in [3.8, 4) is 21.7 Å². The van der Waals surface area contributed by atoms with E-state index in [-0.39, 0.29) is 16.0 Å². The minimum Gasteiger partial charge on any atom is -0.264 e. The van der Waals surface area contributed by atoms with Gasteiger partial charge in [-0.25, -0.2) is 14.4 Å². The first-order valence-corrected chi connectivity index (χ1v) is 10.8. The number of nitrogens with zero attached hydrogens (tertiary/aromatic N) is 3. The van der Waals surface area contributed by atoms with Crippen molar-refractivity contribution >= 4 is 32.5 Å². The Kier molecular flexibility index (Phi) is 5.37. The smallest absolute Gasteiger partial charge is 0.264 e. The Hall–Kier alpha value is -2.72. The maximum atomic E-state index is 14.6. The molecule has 0 N–H and O–H groups in total. The van der Waals surface area contributed by atoms with Crippen LogP contribution in [0.3, 0.4) is 0 Å². The van der Waals surface area contributed by atoms with E-state index in [1.165, 1.54) is 30.5 Å². The molecule has 4 rings (SSSR count). The molecule has 0 spiro atoms. The van der Waals surface area contributed by atoms with Crippen LogP contribution < -0.4 is 0 Å². The van der Waals surface area contributed by atoms with Crippen LogP contribution in [0.5, 0.6) is 0 Å². The number of thiazole rings is 1. The Bertz CT molecular complexity index is 1260. The van der Waals surface area contributed by atoms with Crippen molar-refractivity contribution in [3.63, 3.8) is 0 Å². The summed E-state index contributed by atoms with van der Waals surface area (Å²) in [6, 6.07) is 7.61. The van der Waals surface area contributed by atoms with Crippen LogP contribution in [-0.2, 0) is 10.8 Å². The fourth-order valence-electron chi connectivity index (χ4n) is 2.93. The van der Waals surface area contributed by atoms with Crippen molar-refractivity contribution in [2.75, 3.05) is 5.75 Å². The molecule has 154 valence electrons. The Morgan fingerprint density at radius 3 is 2.63 bits per heavy atom. The van der Waals surface area contributed by atoms with Gasteiger partial charge in [-0.15, -0.1) is 11.3 Å². The predicted octanol–water partition coefficient (Wildman–Crippen LogP) is 5.54. The second-order valence-electron chi connectivity index (χ2n) is 6.51. The highest BCUT2D eigenvalue weighted by Crippen LogP contribution is 2.34. The predicted molar refractivity (Wildman–Crippen MR) is 108 cm³/mol. The Morgan fingerprint density at radius 2 is 1.93 bits per heavy atom. The molecule has 0 saturated carbocycles. The van der Waals surface area contributed by atoms with Crippen LogP contribution in [0.2, 0.25) is 0 Å². The lowest BCUT2D eigenvalue weighted by Gasteiger charge is -2.12. The molecular weight excluding hydrogens is 438 g/mol. The summed E-state index contributed by atoms with van der Waals surface area (Å²) >= 11 is 1.34. The standard InChI is InChI=1S/C20H13F4N3OS2/c1-11-5-15(21)14(7-17(11)30(28)10-20(22,23)24)13-6-16-18(26-9-13)27-19(29-16)12-3-2-4-25-8-12/h2-9H,10H2,1H3. The molecule has 0 aliphatic heterocycles. The molecule has 0 amide bonds. The molecule has 3 heterocycles.